The first-order valence-electron chi connectivity index (χ1n) is 3.21. The van der Waals surface area contributed by atoms with Crippen molar-refractivity contribution in [2.75, 3.05) is 26.2 Å². The molecule has 1 rings (SSSR count). The van der Waals surface area contributed by atoms with Gasteiger partial charge in [0.05, 0.1) is 0 Å². The van der Waals surface area contributed by atoms with E-state index in [1.165, 1.54) is 0 Å². The molecule has 0 bridgehead atoms. The highest BCUT2D eigenvalue weighted by Gasteiger charge is 2.09. The summed E-state index contributed by atoms with van der Waals surface area (Å²) in [5, 5.41) is 4.44. The molecule has 1 aliphatic rings. The summed E-state index contributed by atoms with van der Waals surface area (Å²) in [6.45, 7) is 3.44. The molecule has 1 saturated heterocycles. The fourth-order valence-electron chi connectivity index (χ4n) is 0.901. The minimum Gasteiger partial charge on any atom is -0.314 e. The van der Waals surface area contributed by atoms with E-state index in [0.717, 1.165) is 26.2 Å². The van der Waals surface area contributed by atoms with Crippen molar-refractivity contribution in [2.45, 2.75) is 0 Å². The SMILES string of the molecule is Cl.O=C(Cl)NN1CCNCC1. The molecule has 2 N–H and O–H groups in total. The standard InChI is InChI=1S/C5H10ClN3O.ClH/c6-5(10)8-9-3-1-7-2-4-9;/h7H,1-4H2,(H,8,10);1H. The van der Waals surface area contributed by atoms with E-state index in [4.69, 9.17) is 11.6 Å². The van der Waals surface area contributed by atoms with Crippen LogP contribution < -0.4 is 10.7 Å². The zero-order valence-corrected chi connectivity index (χ0v) is 7.54. The lowest BCUT2D eigenvalue weighted by Crippen LogP contribution is -2.50. The molecule has 0 spiro atoms. The number of hydrazine groups is 1. The van der Waals surface area contributed by atoms with Crippen LogP contribution in [-0.4, -0.2) is 36.6 Å². The summed E-state index contributed by atoms with van der Waals surface area (Å²) in [4.78, 5) is 10.3. The van der Waals surface area contributed by atoms with Crippen LogP contribution in [0.4, 0.5) is 4.79 Å². The van der Waals surface area contributed by atoms with Gasteiger partial charge in [-0.15, -0.1) is 12.4 Å². The third kappa shape index (κ3) is 4.42. The van der Waals surface area contributed by atoms with Crippen LogP contribution in [0.2, 0.25) is 0 Å². The predicted molar refractivity (Wildman–Crippen MR) is 46.1 cm³/mol. The lowest BCUT2D eigenvalue weighted by molar-refractivity contribution is 0.175. The quantitative estimate of drug-likeness (QED) is 0.468. The summed E-state index contributed by atoms with van der Waals surface area (Å²) in [5.74, 6) is 0. The number of rotatable bonds is 1. The Morgan fingerprint density at radius 1 is 1.45 bits per heavy atom. The molecule has 0 unspecified atom stereocenters. The number of hydrogen-bond acceptors (Lipinski definition) is 3. The summed E-state index contributed by atoms with van der Waals surface area (Å²) >= 11 is 5.10. The maximum Gasteiger partial charge on any atom is 0.328 e. The third-order valence-electron chi connectivity index (χ3n) is 1.36. The smallest absolute Gasteiger partial charge is 0.314 e. The monoisotopic (exact) mass is 199 g/mol. The number of nitrogens with one attached hydrogen (secondary N) is 2. The van der Waals surface area contributed by atoms with E-state index in [-0.39, 0.29) is 12.4 Å². The van der Waals surface area contributed by atoms with Crippen molar-refractivity contribution in [1.82, 2.24) is 15.8 Å². The van der Waals surface area contributed by atoms with Crippen LogP contribution in [0.3, 0.4) is 0 Å². The molecule has 1 heterocycles. The van der Waals surface area contributed by atoms with E-state index in [9.17, 15) is 4.79 Å². The van der Waals surface area contributed by atoms with E-state index < -0.39 is 5.37 Å². The molecule has 1 fully saturated rings. The first-order valence-corrected chi connectivity index (χ1v) is 3.58. The largest absolute Gasteiger partial charge is 0.328 e. The van der Waals surface area contributed by atoms with Crippen molar-refractivity contribution in [3.05, 3.63) is 0 Å². The van der Waals surface area contributed by atoms with Crippen LogP contribution in [0.25, 0.3) is 0 Å². The summed E-state index contributed by atoms with van der Waals surface area (Å²) < 4.78 is 0. The van der Waals surface area contributed by atoms with E-state index in [0.29, 0.717) is 0 Å². The number of carbonyl (C=O) groups excluding carboxylic acids is 1. The summed E-state index contributed by atoms with van der Waals surface area (Å²) in [5.41, 5.74) is 2.50. The Balaban J connectivity index is 0.000001000. The van der Waals surface area contributed by atoms with Crippen molar-refractivity contribution < 1.29 is 4.79 Å². The molecular weight excluding hydrogens is 189 g/mol. The highest BCUT2D eigenvalue weighted by molar-refractivity contribution is 6.62. The number of piperazine rings is 1. The molecule has 11 heavy (non-hydrogen) atoms. The topological polar surface area (TPSA) is 44.4 Å². The predicted octanol–water partition coefficient (Wildman–Crippen LogP) is 0.177. The number of hydrogen-bond donors (Lipinski definition) is 2. The van der Waals surface area contributed by atoms with E-state index >= 15 is 0 Å². The zero-order chi connectivity index (χ0) is 7.40. The molecule has 66 valence electrons. The fraction of sp³-hybridized carbons (Fsp3) is 0.800. The van der Waals surface area contributed by atoms with Gasteiger partial charge in [-0.25, -0.2) is 5.01 Å². The van der Waals surface area contributed by atoms with Crippen molar-refractivity contribution >= 4 is 29.4 Å². The highest BCUT2D eigenvalue weighted by Crippen LogP contribution is 1.88. The van der Waals surface area contributed by atoms with E-state index in [1.54, 1.807) is 5.01 Å². The third-order valence-corrected chi connectivity index (χ3v) is 1.45. The number of nitrogens with zero attached hydrogens (tertiary/aromatic N) is 1. The minimum absolute atomic E-state index is 0. The Morgan fingerprint density at radius 2 is 2.00 bits per heavy atom. The Morgan fingerprint density at radius 3 is 2.45 bits per heavy atom. The molecule has 1 amide bonds. The highest BCUT2D eigenvalue weighted by atomic mass is 35.5. The molecule has 6 heteroatoms. The lowest BCUT2D eigenvalue weighted by Gasteiger charge is -2.26. The van der Waals surface area contributed by atoms with Gasteiger partial charge in [0, 0.05) is 26.2 Å². The van der Waals surface area contributed by atoms with Gasteiger partial charge in [0.25, 0.3) is 0 Å². The molecule has 0 aromatic heterocycles. The number of halogens is 2. The van der Waals surface area contributed by atoms with Gasteiger partial charge in [0.2, 0.25) is 0 Å². The Bertz CT molecular complexity index is 127. The van der Waals surface area contributed by atoms with Crippen LogP contribution in [0.1, 0.15) is 0 Å². The van der Waals surface area contributed by atoms with Crippen molar-refractivity contribution in [2.24, 2.45) is 0 Å². The van der Waals surface area contributed by atoms with Gasteiger partial charge in [-0.05, 0) is 11.6 Å². The molecule has 0 atom stereocenters. The Labute approximate surface area is 76.6 Å². The van der Waals surface area contributed by atoms with Gasteiger partial charge in [0.1, 0.15) is 0 Å². The van der Waals surface area contributed by atoms with Crippen molar-refractivity contribution in [1.29, 1.82) is 0 Å². The van der Waals surface area contributed by atoms with Gasteiger partial charge in [-0.2, -0.15) is 0 Å². The second kappa shape index (κ2) is 5.60. The van der Waals surface area contributed by atoms with Gasteiger partial charge in [-0.3, -0.25) is 10.2 Å². The average Bonchev–Trinajstić information content (AvgIpc) is 1.88. The molecule has 0 aromatic rings. The number of amides is 1. The maximum absolute atomic E-state index is 10.3. The summed E-state index contributed by atoms with van der Waals surface area (Å²) in [6.07, 6.45) is 0. The summed E-state index contributed by atoms with van der Waals surface area (Å²) in [7, 11) is 0. The second-order valence-electron chi connectivity index (χ2n) is 2.12. The van der Waals surface area contributed by atoms with Gasteiger partial charge < -0.3 is 5.32 Å². The zero-order valence-electron chi connectivity index (χ0n) is 5.97. The van der Waals surface area contributed by atoms with E-state index in [1.807, 2.05) is 0 Å². The Kier molecular flexibility index (Phi) is 5.58. The molecular formula is C5H11Cl2N3O. The summed E-state index contributed by atoms with van der Waals surface area (Å²) in [6, 6.07) is 0. The Hall–Kier alpha value is -0.0300. The maximum atomic E-state index is 10.3. The lowest BCUT2D eigenvalue weighted by atomic mass is 10.4. The van der Waals surface area contributed by atoms with Crippen molar-refractivity contribution in [3.8, 4) is 0 Å². The minimum atomic E-state index is -0.512. The van der Waals surface area contributed by atoms with Crippen LogP contribution in [-0.2, 0) is 0 Å². The molecule has 4 nitrogen and oxygen atoms in total. The van der Waals surface area contributed by atoms with Crippen LogP contribution >= 0.6 is 24.0 Å². The first-order chi connectivity index (χ1) is 4.79. The molecule has 1 aliphatic heterocycles. The van der Waals surface area contributed by atoms with Gasteiger partial charge >= 0.3 is 5.37 Å². The van der Waals surface area contributed by atoms with Crippen LogP contribution in [0.15, 0.2) is 0 Å². The van der Waals surface area contributed by atoms with Gasteiger partial charge in [-0.1, -0.05) is 0 Å². The molecule has 0 aromatic carbocycles. The van der Waals surface area contributed by atoms with Crippen molar-refractivity contribution in [3.63, 3.8) is 0 Å². The normalized spacial score (nSPS) is 18.6. The molecule has 0 radical (unpaired) electrons. The molecule has 0 saturated carbocycles. The second-order valence-corrected chi connectivity index (χ2v) is 2.47. The van der Waals surface area contributed by atoms with Crippen LogP contribution in [0.5, 0.6) is 0 Å². The van der Waals surface area contributed by atoms with Crippen LogP contribution in [0, 0.1) is 0 Å². The molecule has 0 aliphatic carbocycles. The van der Waals surface area contributed by atoms with Gasteiger partial charge in [0.15, 0.2) is 0 Å². The average molecular weight is 200 g/mol. The number of carbonyl (C=O) groups is 1. The van der Waals surface area contributed by atoms with E-state index in [2.05, 4.69) is 10.7 Å². The fourth-order valence-corrected chi connectivity index (χ4v) is 1.02. The first kappa shape index (κ1) is 11.0.